The number of aromatic nitrogens is 2. The number of thiophene rings is 1. The van der Waals surface area contributed by atoms with Crippen LogP contribution in [-0.2, 0) is 6.54 Å². The minimum Gasteiger partial charge on any atom is -0.356 e. The van der Waals surface area contributed by atoms with Crippen LogP contribution in [0, 0.1) is 0 Å². The van der Waals surface area contributed by atoms with E-state index in [2.05, 4.69) is 50.9 Å². The summed E-state index contributed by atoms with van der Waals surface area (Å²) in [6, 6.07) is 12.5. The number of hydrogen-bond acceptors (Lipinski definition) is 5. The topological polar surface area (TPSA) is 41.1 Å². The van der Waals surface area contributed by atoms with Crippen LogP contribution in [0.4, 0.5) is 11.8 Å². The van der Waals surface area contributed by atoms with Crippen molar-refractivity contribution >= 4 is 34.0 Å². The molecule has 1 N–H and O–H groups in total. The van der Waals surface area contributed by atoms with Gasteiger partial charge in [0, 0.05) is 23.4 Å². The zero-order valence-corrected chi connectivity index (χ0v) is 13.1. The van der Waals surface area contributed by atoms with Crippen molar-refractivity contribution in [2.75, 3.05) is 23.3 Å². The number of rotatable bonds is 4. The molecule has 4 rings (SSSR count). The van der Waals surface area contributed by atoms with E-state index in [1.165, 1.54) is 17.7 Å². The molecule has 2 aromatic heterocycles. The van der Waals surface area contributed by atoms with Gasteiger partial charge in [-0.1, -0.05) is 18.2 Å². The molecule has 0 unspecified atom stereocenters. The molecule has 5 heteroatoms. The van der Waals surface area contributed by atoms with E-state index < -0.39 is 0 Å². The summed E-state index contributed by atoms with van der Waals surface area (Å²) in [5.41, 5.74) is 1.01. The second-order valence-electron chi connectivity index (χ2n) is 5.52. The second kappa shape index (κ2) is 5.93. The van der Waals surface area contributed by atoms with Crippen molar-refractivity contribution < 1.29 is 0 Å². The molecular weight excluding hydrogens is 292 g/mol. The van der Waals surface area contributed by atoms with Crippen LogP contribution in [-0.4, -0.2) is 23.1 Å². The lowest BCUT2D eigenvalue weighted by Crippen LogP contribution is -2.20. The Hall–Kier alpha value is -2.14. The number of para-hydroxylation sites is 1. The number of hydrogen-bond donors (Lipinski definition) is 1. The Morgan fingerprint density at radius 1 is 1.05 bits per heavy atom. The normalized spacial score (nSPS) is 14.6. The third-order valence-electron chi connectivity index (χ3n) is 3.99. The second-order valence-corrected chi connectivity index (χ2v) is 6.55. The van der Waals surface area contributed by atoms with Crippen molar-refractivity contribution in [1.29, 1.82) is 0 Å². The fraction of sp³-hybridized carbons (Fsp3) is 0.294. The first kappa shape index (κ1) is 13.5. The van der Waals surface area contributed by atoms with E-state index in [4.69, 9.17) is 4.98 Å². The maximum absolute atomic E-state index is 4.79. The fourth-order valence-electron chi connectivity index (χ4n) is 2.89. The lowest BCUT2D eigenvalue weighted by molar-refractivity contribution is 0.936. The number of anilines is 2. The van der Waals surface area contributed by atoms with Gasteiger partial charge in [0.1, 0.15) is 5.82 Å². The van der Waals surface area contributed by atoms with E-state index >= 15 is 0 Å². The molecule has 3 heterocycles. The molecule has 0 aliphatic carbocycles. The first-order chi connectivity index (χ1) is 10.9. The summed E-state index contributed by atoms with van der Waals surface area (Å²) in [4.78, 5) is 13.1. The zero-order valence-electron chi connectivity index (χ0n) is 12.3. The molecule has 0 atom stereocenters. The summed E-state index contributed by atoms with van der Waals surface area (Å²) >= 11 is 1.75. The Morgan fingerprint density at radius 3 is 2.73 bits per heavy atom. The maximum Gasteiger partial charge on any atom is 0.225 e. The Bertz CT molecular complexity index is 763. The van der Waals surface area contributed by atoms with E-state index in [-0.39, 0.29) is 0 Å². The predicted octanol–water partition coefficient (Wildman–Crippen LogP) is 3.90. The van der Waals surface area contributed by atoms with Crippen LogP contribution >= 0.6 is 11.3 Å². The molecule has 1 aliphatic heterocycles. The molecular formula is C17H18N4S. The van der Waals surface area contributed by atoms with Crippen LogP contribution in [0.5, 0.6) is 0 Å². The SMILES string of the molecule is c1csc(CNc2nc(N3CCCC3)c3ccccc3n2)c1. The van der Waals surface area contributed by atoms with Gasteiger partial charge in [0.05, 0.1) is 12.1 Å². The van der Waals surface area contributed by atoms with E-state index in [0.29, 0.717) is 5.95 Å². The van der Waals surface area contributed by atoms with Crippen LogP contribution in [0.15, 0.2) is 41.8 Å². The summed E-state index contributed by atoms with van der Waals surface area (Å²) < 4.78 is 0. The standard InChI is InChI=1S/C17H18N4S/c1-2-8-15-14(7-1)16(21-9-3-4-10-21)20-17(19-15)18-12-13-6-5-11-22-13/h1-2,5-8,11H,3-4,9-10,12H2,(H,18,19,20). The molecule has 4 nitrogen and oxygen atoms in total. The zero-order chi connectivity index (χ0) is 14.8. The molecule has 0 saturated carbocycles. The van der Waals surface area contributed by atoms with Crippen molar-refractivity contribution in [3.05, 3.63) is 46.7 Å². The Labute approximate surface area is 133 Å². The van der Waals surface area contributed by atoms with Crippen molar-refractivity contribution in [2.24, 2.45) is 0 Å². The van der Waals surface area contributed by atoms with Crippen LogP contribution < -0.4 is 10.2 Å². The molecule has 22 heavy (non-hydrogen) atoms. The number of fused-ring (bicyclic) bond motifs is 1. The molecule has 3 aromatic rings. The highest BCUT2D eigenvalue weighted by Crippen LogP contribution is 2.28. The van der Waals surface area contributed by atoms with Gasteiger partial charge < -0.3 is 10.2 Å². The third kappa shape index (κ3) is 2.64. The van der Waals surface area contributed by atoms with Gasteiger partial charge >= 0.3 is 0 Å². The average Bonchev–Trinajstić information content (AvgIpc) is 3.25. The minimum atomic E-state index is 0.717. The van der Waals surface area contributed by atoms with Crippen molar-refractivity contribution in [3.63, 3.8) is 0 Å². The highest BCUT2D eigenvalue weighted by atomic mass is 32.1. The molecule has 1 aromatic carbocycles. The van der Waals surface area contributed by atoms with Crippen molar-refractivity contribution in [1.82, 2.24) is 9.97 Å². The van der Waals surface area contributed by atoms with Crippen molar-refractivity contribution in [3.8, 4) is 0 Å². The predicted molar refractivity (Wildman–Crippen MR) is 92.6 cm³/mol. The lowest BCUT2D eigenvalue weighted by atomic mass is 10.2. The summed E-state index contributed by atoms with van der Waals surface area (Å²) in [5, 5.41) is 6.60. The van der Waals surface area contributed by atoms with Crippen LogP contribution in [0.3, 0.4) is 0 Å². The van der Waals surface area contributed by atoms with Crippen molar-refractivity contribution in [2.45, 2.75) is 19.4 Å². The number of nitrogens with one attached hydrogen (secondary N) is 1. The number of nitrogens with zero attached hydrogens (tertiary/aromatic N) is 3. The van der Waals surface area contributed by atoms with Gasteiger partial charge in [-0.05, 0) is 36.4 Å². The average molecular weight is 310 g/mol. The Morgan fingerprint density at radius 2 is 1.91 bits per heavy atom. The van der Waals surface area contributed by atoms with Crippen LogP contribution in [0.2, 0.25) is 0 Å². The molecule has 1 fully saturated rings. The van der Waals surface area contributed by atoms with Crippen LogP contribution in [0.25, 0.3) is 10.9 Å². The smallest absolute Gasteiger partial charge is 0.225 e. The minimum absolute atomic E-state index is 0.717. The molecule has 1 saturated heterocycles. The molecule has 112 valence electrons. The highest BCUT2D eigenvalue weighted by Gasteiger charge is 2.17. The summed E-state index contributed by atoms with van der Waals surface area (Å²) in [7, 11) is 0. The largest absolute Gasteiger partial charge is 0.356 e. The number of benzene rings is 1. The van der Waals surface area contributed by atoms with Gasteiger partial charge in [-0.25, -0.2) is 4.98 Å². The molecule has 1 aliphatic rings. The van der Waals surface area contributed by atoms with Gasteiger partial charge in [-0.15, -0.1) is 11.3 Å². The Balaban J connectivity index is 1.69. The molecule has 0 spiro atoms. The molecule has 0 amide bonds. The first-order valence-corrected chi connectivity index (χ1v) is 8.56. The Kier molecular flexibility index (Phi) is 3.64. The van der Waals surface area contributed by atoms with Gasteiger partial charge in [0.2, 0.25) is 5.95 Å². The quantitative estimate of drug-likeness (QED) is 0.793. The highest BCUT2D eigenvalue weighted by molar-refractivity contribution is 7.09. The van der Waals surface area contributed by atoms with Gasteiger partial charge in [-0.3, -0.25) is 0 Å². The molecule has 0 radical (unpaired) electrons. The van der Waals surface area contributed by atoms with E-state index in [9.17, 15) is 0 Å². The van der Waals surface area contributed by atoms with Gasteiger partial charge in [0.25, 0.3) is 0 Å². The maximum atomic E-state index is 4.79. The van der Waals surface area contributed by atoms with E-state index in [1.807, 2.05) is 6.07 Å². The van der Waals surface area contributed by atoms with E-state index in [1.54, 1.807) is 11.3 Å². The lowest BCUT2D eigenvalue weighted by Gasteiger charge is -2.19. The summed E-state index contributed by atoms with van der Waals surface area (Å²) in [5.74, 6) is 1.78. The first-order valence-electron chi connectivity index (χ1n) is 7.68. The summed E-state index contributed by atoms with van der Waals surface area (Å²) in [6.07, 6.45) is 2.49. The summed E-state index contributed by atoms with van der Waals surface area (Å²) in [6.45, 7) is 2.95. The van der Waals surface area contributed by atoms with E-state index in [0.717, 1.165) is 36.4 Å². The van der Waals surface area contributed by atoms with Gasteiger partial charge in [0.15, 0.2) is 0 Å². The van der Waals surface area contributed by atoms with Crippen LogP contribution in [0.1, 0.15) is 17.7 Å². The third-order valence-corrected chi connectivity index (χ3v) is 4.87. The molecule has 0 bridgehead atoms. The fourth-order valence-corrected chi connectivity index (χ4v) is 3.53. The monoisotopic (exact) mass is 310 g/mol. The van der Waals surface area contributed by atoms with Gasteiger partial charge in [-0.2, -0.15) is 4.98 Å².